The van der Waals surface area contributed by atoms with Crippen LogP contribution in [0.5, 0.6) is 11.5 Å². The summed E-state index contributed by atoms with van der Waals surface area (Å²) >= 11 is 5.93. The van der Waals surface area contributed by atoms with Gasteiger partial charge in [-0.1, -0.05) is 17.7 Å². The molecule has 0 bridgehead atoms. The number of nitrogens with zero attached hydrogens (tertiary/aromatic N) is 3. The first-order valence-corrected chi connectivity index (χ1v) is 12.6. The maximum absolute atomic E-state index is 14.5. The summed E-state index contributed by atoms with van der Waals surface area (Å²) in [6, 6.07) is 8.39. The number of amides is 1. The Kier molecular flexibility index (Phi) is 7.92. The summed E-state index contributed by atoms with van der Waals surface area (Å²) in [5, 5.41) is 3.68. The number of fused-ring (bicyclic) bond motifs is 1. The molecule has 198 valence electrons. The van der Waals surface area contributed by atoms with Crippen molar-refractivity contribution in [2.75, 3.05) is 19.5 Å². The number of rotatable bonds is 6. The average molecular weight is 531 g/mol. The fourth-order valence-electron chi connectivity index (χ4n) is 4.36. The molecule has 0 unspecified atom stereocenters. The molecule has 0 aliphatic heterocycles. The second-order valence-electron chi connectivity index (χ2n) is 10.1. The van der Waals surface area contributed by atoms with Gasteiger partial charge in [-0.3, -0.25) is 0 Å². The highest BCUT2D eigenvalue weighted by atomic mass is 35.5. The Balaban J connectivity index is 1.50. The molecular formula is C27H32ClFN4O4. The molecule has 10 heteroatoms. The van der Waals surface area contributed by atoms with Crippen molar-refractivity contribution in [2.45, 2.75) is 64.2 Å². The predicted octanol–water partition coefficient (Wildman–Crippen LogP) is 6.73. The maximum atomic E-state index is 14.5. The Hall–Kier alpha value is -3.33. The van der Waals surface area contributed by atoms with Crippen LogP contribution in [0.15, 0.2) is 36.7 Å². The van der Waals surface area contributed by atoms with Gasteiger partial charge in [0.2, 0.25) is 0 Å². The normalized spacial score (nSPS) is 17.8. The van der Waals surface area contributed by atoms with Crippen molar-refractivity contribution in [3.63, 3.8) is 0 Å². The number of benzene rings is 2. The van der Waals surface area contributed by atoms with Crippen LogP contribution < -0.4 is 14.8 Å². The number of carbonyl (C=O) groups is 1. The molecular weight excluding hydrogens is 499 g/mol. The summed E-state index contributed by atoms with van der Waals surface area (Å²) in [5.74, 6) is 0.942. The second kappa shape index (κ2) is 11.0. The molecule has 1 saturated carbocycles. The van der Waals surface area contributed by atoms with Crippen LogP contribution in [0.1, 0.15) is 46.5 Å². The van der Waals surface area contributed by atoms with Gasteiger partial charge >= 0.3 is 6.09 Å². The molecule has 0 spiro atoms. The topological polar surface area (TPSA) is 85.8 Å². The Labute approximate surface area is 221 Å². The Morgan fingerprint density at radius 1 is 1.14 bits per heavy atom. The molecule has 1 amide bonds. The van der Waals surface area contributed by atoms with Gasteiger partial charge in [0.1, 0.15) is 17.7 Å². The lowest BCUT2D eigenvalue weighted by atomic mass is 9.92. The van der Waals surface area contributed by atoms with E-state index in [0.717, 1.165) is 25.7 Å². The van der Waals surface area contributed by atoms with Crippen LogP contribution >= 0.6 is 11.6 Å². The van der Waals surface area contributed by atoms with Crippen molar-refractivity contribution in [2.24, 2.45) is 0 Å². The number of anilines is 2. The van der Waals surface area contributed by atoms with E-state index in [1.54, 1.807) is 43.3 Å². The number of methoxy groups -OCH3 is 1. The molecule has 0 saturated heterocycles. The molecule has 1 N–H and O–H groups in total. The molecule has 8 nitrogen and oxygen atoms in total. The van der Waals surface area contributed by atoms with Crippen molar-refractivity contribution in [1.82, 2.24) is 14.9 Å². The first-order valence-electron chi connectivity index (χ1n) is 12.2. The number of hydrogen-bond acceptors (Lipinski definition) is 7. The number of ether oxygens (including phenoxy) is 3. The molecule has 2 aromatic carbocycles. The van der Waals surface area contributed by atoms with E-state index in [2.05, 4.69) is 15.3 Å². The van der Waals surface area contributed by atoms with Crippen molar-refractivity contribution >= 4 is 40.1 Å². The van der Waals surface area contributed by atoms with Gasteiger partial charge in [0.25, 0.3) is 0 Å². The van der Waals surface area contributed by atoms with E-state index in [4.69, 9.17) is 25.8 Å². The van der Waals surface area contributed by atoms with Crippen molar-refractivity contribution in [3.05, 3.63) is 47.5 Å². The van der Waals surface area contributed by atoms with Crippen molar-refractivity contribution in [3.8, 4) is 11.5 Å². The van der Waals surface area contributed by atoms with Crippen LogP contribution in [0.25, 0.3) is 10.9 Å². The minimum absolute atomic E-state index is 0.0157. The zero-order valence-corrected chi connectivity index (χ0v) is 22.4. The highest BCUT2D eigenvalue weighted by molar-refractivity contribution is 6.31. The van der Waals surface area contributed by atoms with E-state index < -0.39 is 11.4 Å². The van der Waals surface area contributed by atoms with E-state index in [9.17, 15) is 9.18 Å². The van der Waals surface area contributed by atoms with Gasteiger partial charge in [-0.05, 0) is 64.7 Å². The zero-order valence-electron chi connectivity index (χ0n) is 21.7. The minimum Gasteiger partial charge on any atom is -0.493 e. The molecule has 37 heavy (non-hydrogen) atoms. The van der Waals surface area contributed by atoms with Gasteiger partial charge < -0.3 is 24.4 Å². The fourth-order valence-corrected chi connectivity index (χ4v) is 4.53. The van der Waals surface area contributed by atoms with Gasteiger partial charge in [0, 0.05) is 24.5 Å². The number of hydrogen-bond donors (Lipinski definition) is 1. The highest BCUT2D eigenvalue weighted by Crippen LogP contribution is 2.37. The first kappa shape index (κ1) is 26.7. The molecule has 1 aromatic heterocycles. The summed E-state index contributed by atoms with van der Waals surface area (Å²) in [7, 11) is 3.35. The molecule has 4 rings (SSSR count). The Morgan fingerprint density at radius 3 is 2.54 bits per heavy atom. The number of nitrogens with one attached hydrogen (secondary N) is 1. The first-order chi connectivity index (χ1) is 17.6. The van der Waals surface area contributed by atoms with E-state index in [0.29, 0.717) is 28.2 Å². The third-order valence-corrected chi connectivity index (χ3v) is 6.58. The largest absolute Gasteiger partial charge is 0.493 e. The van der Waals surface area contributed by atoms with Crippen LogP contribution in [0.2, 0.25) is 5.02 Å². The zero-order chi connectivity index (χ0) is 26.7. The van der Waals surface area contributed by atoms with E-state index in [1.165, 1.54) is 12.4 Å². The van der Waals surface area contributed by atoms with Crippen LogP contribution in [0, 0.1) is 5.82 Å². The molecule has 1 aliphatic rings. The maximum Gasteiger partial charge on any atom is 0.410 e. The molecule has 1 fully saturated rings. The number of carbonyl (C=O) groups excluding carboxylic acids is 1. The van der Waals surface area contributed by atoms with Crippen LogP contribution in [-0.4, -0.2) is 52.9 Å². The smallest absolute Gasteiger partial charge is 0.410 e. The average Bonchev–Trinajstić information content (AvgIpc) is 2.85. The lowest BCUT2D eigenvalue weighted by Gasteiger charge is -2.35. The second-order valence-corrected chi connectivity index (χ2v) is 10.5. The minimum atomic E-state index is -0.561. The van der Waals surface area contributed by atoms with E-state index in [-0.39, 0.29) is 28.9 Å². The highest BCUT2D eigenvalue weighted by Gasteiger charge is 2.30. The summed E-state index contributed by atoms with van der Waals surface area (Å²) in [6.45, 7) is 5.58. The standard InChI is InChI=1S/C27H32ClFN4O4/c1-27(2,3)37-26(34)33(4)16-9-11-17(12-10-16)36-23-13-18-21(14-22(23)35-5)30-15-31-25(18)32-20-8-6-7-19(28)24(20)29/h6-8,13-17H,9-12H2,1-5H3,(H,30,31,32)/t16-,17-. The van der Waals surface area contributed by atoms with Crippen LogP contribution in [0.4, 0.5) is 20.7 Å². The number of halogens is 2. The van der Waals surface area contributed by atoms with Crippen LogP contribution in [-0.2, 0) is 4.74 Å². The van der Waals surface area contributed by atoms with Crippen LogP contribution in [0.3, 0.4) is 0 Å². The predicted molar refractivity (Wildman–Crippen MR) is 141 cm³/mol. The molecule has 1 heterocycles. The number of aromatic nitrogens is 2. The van der Waals surface area contributed by atoms with E-state index in [1.807, 2.05) is 20.8 Å². The molecule has 0 radical (unpaired) electrons. The van der Waals surface area contributed by atoms with E-state index >= 15 is 0 Å². The third kappa shape index (κ3) is 6.33. The van der Waals surface area contributed by atoms with Crippen molar-refractivity contribution in [1.29, 1.82) is 0 Å². The fraction of sp³-hybridized carbons (Fsp3) is 0.444. The summed E-state index contributed by atoms with van der Waals surface area (Å²) in [6.07, 6.45) is 4.15. The van der Waals surface area contributed by atoms with Gasteiger partial charge in [0.05, 0.1) is 29.4 Å². The van der Waals surface area contributed by atoms with Gasteiger partial charge in [-0.2, -0.15) is 0 Å². The molecule has 0 atom stereocenters. The van der Waals surface area contributed by atoms with Gasteiger partial charge in [0.15, 0.2) is 17.3 Å². The van der Waals surface area contributed by atoms with Gasteiger partial charge in [-0.25, -0.2) is 19.2 Å². The molecule has 3 aromatic rings. The summed E-state index contributed by atoms with van der Waals surface area (Å²) < 4.78 is 31.9. The lowest BCUT2D eigenvalue weighted by molar-refractivity contribution is 0.0138. The lowest BCUT2D eigenvalue weighted by Crippen LogP contribution is -2.43. The summed E-state index contributed by atoms with van der Waals surface area (Å²) in [5.41, 5.74) is 0.291. The quantitative estimate of drug-likeness (QED) is 0.378. The Morgan fingerprint density at radius 2 is 1.86 bits per heavy atom. The Bertz CT molecular complexity index is 1280. The monoisotopic (exact) mass is 530 g/mol. The van der Waals surface area contributed by atoms with Crippen molar-refractivity contribution < 1.29 is 23.4 Å². The third-order valence-electron chi connectivity index (χ3n) is 6.29. The molecule has 1 aliphatic carbocycles. The van der Waals surface area contributed by atoms with Gasteiger partial charge in [-0.15, -0.1) is 0 Å². The summed E-state index contributed by atoms with van der Waals surface area (Å²) in [4.78, 5) is 22.8. The SMILES string of the molecule is COc1cc2ncnc(Nc3cccc(Cl)c3F)c2cc1O[C@H]1CC[C@H](N(C)C(=O)OC(C)(C)C)CC1.